The zero-order valence-electron chi connectivity index (χ0n) is 13.7. The number of rotatable bonds is 3. The van der Waals surface area contributed by atoms with Gasteiger partial charge in [-0.2, -0.15) is 0 Å². The topological polar surface area (TPSA) is 0 Å². The van der Waals surface area contributed by atoms with Crippen molar-refractivity contribution in [3.63, 3.8) is 0 Å². The summed E-state index contributed by atoms with van der Waals surface area (Å²) in [5.74, 6) is 2.43. The Balaban J connectivity index is 1.68. The normalized spacial score (nSPS) is 17.2. The summed E-state index contributed by atoms with van der Waals surface area (Å²) in [5, 5.41) is 0. The van der Waals surface area contributed by atoms with Crippen molar-refractivity contribution in [3.05, 3.63) is 77.7 Å². The molecule has 22 heavy (non-hydrogen) atoms. The predicted molar refractivity (Wildman–Crippen MR) is 95.7 cm³/mol. The number of hydrogen-bond donors (Lipinski definition) is 0. The number of hydrogen-bond acceptors (Lipinski definition) is 0. The van der Waals surface area contributed by atoms with Crippen LogP contribution in [0.4, 0.5) is 0 Å². The van der Waals surface area contributed by atoms with Gasteiger partial charge in [-0.15, -0.1) is 0 Å². The second kappa shape index (κ2) is 6.96. The molecule has 1 aliphatic carbocycles. The van der Waals surface area contributed by atoms with Gasteiger partial charge in [0, 0.05) is 5.92 Å². The average Bonchev–Trinajstić information content (AvgIpc) is 2.57. The quantitative estimate of drug-likeness (QED) is 0.577. The zero-order valence-corrected chi connectivity index (χ0v) is 13.7. The Kier molecular flexibility index (Phi) is 4.77. The van der Waals surface area contributed by atoms with Crippen LogP contribution in [0.25, 0.3) is 11.1 Å². The van der Waals surface area contributed by atoms with Crippen LogP contribution in [0.3, 0.4) is 0 Å². The minimum atomic E-state index is 0.792. The second-order valence-corrected chi connectivity index (χ2v) is 6.41. The van der Waals surface area contributed by atoms with E-state index in [-0.39, 0.29) is 0 Å². The SMILES string of the molecule is C/C=C/C1CC[C](c2ccc(-c3ccc(C)cc3)cc2)CC1. The second-order valence-electron chi connectivity index (χ2n) is 6.41. The molecule has 1 radical (unpaired) electrons. The van der Waals surface area contributed by atoms with Crippen molar-refractivity contribution in [2.45, 2.75) is 39.5 Å². The average molecular weight is 289 g/mol. The van der Waals surface area contributed by atoms with Gasteiger partial charge in [0.2, 0.25) is 0 Å². The first-order chi connectivity index (χ1) is 10.8. The molecule has 0 heterocycles. The van der Waals surface area contributed by atoms with Crippen molar-refractivity contribution in [1.82, 2.24) is 0 Å². The third-order valence-electron chi connectivity index (χ3n) is 4.78. The molecule has 0 atom stereocenters. The van der Waals surface area contributed by atoms with Gasteiger partial charge in [0.05, 0.1) is 0 Å². The van der Waals surface area contributed by atoms with Crippen LogP contribution in [-0.2, 0) is 0 Å². The van der Waals surface area contributed by atoms with Gasteiger partial charge in [-0.25, -0.2) is 0 Å². The summed E-state index contributed by atoms with van der Waals surface area (Å²) in [7, 11) is 0. The third-order valence-corrected chi connectivity index (χ3v) is 4.78. The first-order valence-corrected chi connectivity index (χ1v) is 8.41. The van der Waals surface area contributed by atoms with E-state index in [0.717, 1.165) is 5.92 Å². The van der Waals surface area contributed by atoms with Crippen LogP contribution < -0.4 is 0 Å². The maximum Gasteiger partial charge on any atom is 0.00502 e. The van der Waals surface area contributed by atoms with Crippen molar-refractivity contribution in [1.29, 1.82) is 0 Å². The monoisotopic (exact) mass is 289 g/mol. The molecule has 0 nitrogen and oxygen atoms in total. The molecule has 1 saturated carbocycles. The first kappa shape index (κ1) is 15.1. The summed E-state index contributed by atoms with van der Waals surface area (Å²) in [5.41, 5.74) is 5.37. The first-order valence-electron chi connectivity index (χ1n) is 8.41. The van der Waals surface area contributed by atoms with Crippen LogP contribution in [0.1, 0.15) is 43.7 Å². The Morgan fingerprint density at radius 3 is 1.82 bits per heavy atom. The van der Waals surface area contributed by atoms with Gasteiger partial charge in [0.15, 0.2) is 0 Å². The molecule has 1 fully saturated rings. The van der Waals surface area contributed by atoms with Crippen LogP contribution in [0, 0.1) is 18.8 Å². The Bertz CT molecular complexity index is 608. The Hall–Kier alpha value is -1.82. The van der Waals surface area contributed by atoms with E-state index in [1.807, 2.05) is 0 Å². The third kappa shape index (κ3) is 3.50. The van der Waals surface area contributed by atoms with Crippen molar-refractivity contribution in [2.75, 3.05) is 0 Å². The van der Waals surface area contributed by atoms with Crippen LogP contribution in [0.5, 0.6) is 0 Å². The van der Waals surface area contributed by atoms with Crippen LogP contribution >= 0.6 is 0 Å². The molecule has 0 aliphatic heterocycles. The van der Waals surface area contributed by atoms with Crippen molar-refractivity contribution < 1.29 is 0 Å². The Labute approximate surface area is 134 Å². The largest absolute Gasteiger partial charge is 0.0914 e. The highest BCUT2D eigenvalue weighted by molar-refractivity contribution is 5.64. The van der Waals surface area contributed by atoms with E-state index in [0.29, 0.717) is 0 Å². The summed E-state index contributed by atoms with van der Waals surface area (Å²) in [6.07, 6.45) is 9.68. The molecular formula is C22H25. The van der Waals surface area contributed by atoms with Crippen LogP contribution in [0.2, 0.25) is 0 Å². The molecule has 2 aromatic carbocycles. The summed E-state index contributed by atoms with van der Waals surface area (Å²) in [4.78, 5) is 0. The highest BCUT2D eigenvalue weighted by Crippen LogP contribution is 2.36. The lowest BCUT2D eigenvalue weighted by Crippen LogP contribution is -2.12. The minimum Gasteiger partial charge on any atom is -0.0914 e. The fourth-order valence-electron chi connectivity index (χ4n) is 3.39. The maximum absolute atomic E-state index is 2.37. The van der Waals surface area contributed by atoms with Gasteiger partial charge in [-0.05, 0) is 62.1 Å². The molecule has 0 aromatic heterocycles. The maximum atomic E-state index is 2.37. The van der Waals surface area contributed by atoms with Crippen LogP contribution in [0.15, 0.2) is 60.7 Å². The molecule has 2 aromatic rings. The summed E-state index contributed by atoms with van der Waals surface area (Å²) >= 11 is 0. The van der Waals surface area contributed by atoms with E-state index in [1.165, 1.54) is 47.9 Å². The van der Waals surface area contributed by atoms with E-state index in [2.05, 4.69) is 74.5 Å². The lowest BCUT2D eigenvalue weighted by molar-refractivity contribution is 0.455. The van der Waals surface area contributed by atoms with Gasteiger partial charge in [0.25, 0.3) is 0 Å². The summed E-state index contributed by atoms with van der Waals surface area (Å²) in [6, 6.07) is 17.9. The van der Waals surface area contributed by atoms with E-state index in [1.54, 1.807) is 5.92 Å². The standard InChI is InChI=1S/C22H25/c1-3-4-18-7-11-20(12-8-18)22-15-13-21(14-16-22)19-9-5-17(2)6-10-19/h3-6,9-10,13-16,18H,7-8,11-12H2,1-2H3/b4-3+. The van der Waals surface area contributed by atoms with E-state index >= 15 is 0 Å². The van der Waals surface area contributed by atoms with E-state index in [9.17, 15) is 0 Å². The van der Waals surface area contributed by atoms with Gasteiger partial charge in [-0.3, -0.25) is 0 Å². The number of allylic oxidation sites excluding steroid dienone is 2. The molecule has 3 rings (SSSR count). The summed E-state index contributed by atoms with van der Waals surface area (Å²) < 4.78 is 0. The molecular weight excluding hydrogens is 264 g/mol. The fraction of sp³-hybridized carbons (Fsp3) is 0.318. The Morgan fingerprint density at radius 1 is 0.773 bits per heavy atom. The number of aryl methyl sites for hydroxylation is 1. The molecule has 1 aliphatic rings. The lowest BCUT2D eigenvalue weighted by atomic mass is 9.78. The smallest absolute Gasteiger partial charge is 0.00502 e. The highest BCUT2D eigenvalue weighted by Gasteiger charge is 2.21. The molecule has 0 N–H and O–H groups in total. The van der Waals surface area contributed by atoms with Crippen LogP contribution in [-0.4, -0.2) is 0 Å². The van der Waals surface area contributed by atoms with Gasteiger partial charge in [-0.1, -0.05) is 66.2 Å². The lowest BCUT2D eigenvalue weighted by Gasteiger charge is -2.26. The van der Waals surface area contributed by atoms with Crippen molar-refractivity contribution >= 4 is 0 Å². The molecule has 113 valence electrons. The van der Waals surface area contributed by atoms with Gasteiger partial charge < -0.3 is 0 Å². The zero-order chi connectivity index (χ0) is 15.4. The molecule has 0 amide bonds. The predicted octanol–water partition coefficient (Wildman–Crippen LogP) is 6.35. The molecule has 0 heteroatoms. The Morgan fingerprint density at radius 2 is 1.27 bits per heavy atom. The van der Waals surface area contributed by atoms with E-state index in [4.69, 9.17) is 0 Å². The highest BCUT2D eigenvalue weighted by atomic mass is 14.3. The molecule has 0 saturated heterocycles. The van der Waals surface area contributed by atoms with Crippen molar-refractivity contribution in [2.24, 2.45) is 5.92 Å². The van der Waals surface area contributed by atoms with Crippen molar-refractivity contribution in [3.8, 4) is 11.1 Å². The minimum absolute atomic E-state index is 0.792. The molecule has 0 unspecified atom stereocenters. The van der Waals surface area contributed by atoms with Gasteiger partial charge in [0.1, 0.15) is 0 Å². The molecule has 0 bridgehead atoms. The van der Waals surface area contributed by atoms with Gasteiger partial charge >= 0.3 is 0 Å². The van der Waals surface area contributed by atoms with E-state index < -0.39 is 0 Å². The fourth-order valence-corrected chi connectivity index (χ4v) is 3.39. The molecule has 0 spiro atoms. The number of benzene rings is 2. The summed E-state index contributed by atoms with van der Waals surface area (Å²) in [6.45, 7) is 4.26.